The van der Waals surface area contributed by atoms with Gasteiger partial charge in [0, 0.05) is 17.7 Å². The monoisotopic (exact) mass is 375 g/mol. The molecule has 0 atom stereocenters. The topological polar surface area (TPSA) is 89.5 Å². The van der Waals surface area contributed by atoms with Gasteiger partial charge in [-0.1, -0.05) is 12.1 Å². The number of benzene rings is 2. The van der Waals surface area contributed by atoms with Crippen molar-refractivity contribution in [2.75, 3.05) is 18.2 Å². The molecule has 0 radical (unpaired) electrons. The molecule has 0 unspecified atom stereocenters. The number of Topliss-reactive ketones (excluding diaryl/α,β-unsaturated/α-hetero) is 1. The summed E-state index contributed by atoms with van der Waals surface area (Å²) in [5.74, 6) is 0.0682. The Labute approximate surface area is 153 Å². The van der Waals surface area contributed by atoms with Crippen LogP contribution in [0.5, 0.6) is 5.75 Å². The fourth-order valence-electron chi connectivity index (χ4n) is 2.36. The minimum absolute atomic E-state index is 0.0691. The van der Waals surface area contributed by atoms with Gasteiger partial charge in [-0.2, -0.15) is 0 Å². The normalized spacial score (nSPS) is 11.0. The minimum atomic E-state index is -3.45. The van der Waals surface area contributed by atoms with E-state index in [4.69, 9.17) is 4.74 Å². The van der Waals surface area contributed by atoms with E-state index in [0.717, 1.165) is 0 Å². The summed E-state index contributed by atoms with van der Waals surface area (Å²) in [6.07, 6.45) is 0.270. The SMILES string of the molecule is COc1ccc(S(=O)(=O)CCCC(=O)Nc2cccc(C(C)=O)c2)cc1. The fraction of sp³-hybridized carbons (Fsp3) is 0.263. The fourth-order valence-corrected chi connectivity index (χ4v) is 3.67. The number of carbonyl (C=O) groups excluding carboxylic acids is 2. The van der Waals surface area contributed by atoms with Gasteiger partial charge in [-0.05, 0) is 49.7 Å². The van der Waals surface area contributed by atoms with E-state index in [0.29, 0.717) is 17.0 Å². The van der Waals surface area contributed by atoms with Crippen molar-refractivity contribution >= 4 is 27.2 Å². The molecule has 7 heteroatoms. The Morgan fingerprint density at radius 2 is 1.77 bits per heavy atom. The van der Waals surface area contributed by atoms with Gasteiger partial charge < -0.3 is 10.1 Å². The molecule has 0 aliphatic heterocycles. The highest BCUT2D eigenvalue weighted by molar-refractivity contribution is 7.91. The number of amides is 1. The van der Waals surface area contributed by atoms with Gasteiger partial charge in [-0.15, -0.1) is 0 Å². The highest BCUT2D eigenvalue weighted by Crippen LogP contribution is 2.18. The summed E-state index contributed by atoms with van der Waals surface area (Å²) in [5, 5.41) is 2.68. The number of sulfone groups is 1. The number of methoxy groups -OCH3 is 1. The van der Waals surface area contributed by atoms with E-state index in [1.54, 1.807) is 36.4 Å². The molecule has 0 aliphatic carbocycles. The van der Waals surface area contributed by atoms with Crippen molar-refractivity contribution in [1.29, 1.82) is 0 Å². The van der Waals surface area contributed by atoms with Gasteiger partial charge in [0.2, 0.25) is 5.91 Å². The number of anilines is 1. The molecule has 6 nitrogen and oxygen atoms in total. The molecule has 26 heavy (non-hydrogen) atoms. The lowest BCUT2D eigenvalue weighted by molar-refractivity contribution is -0.116. The largest absolute Gasteiger partial charge is 0.497 e. The number of ketones is 1. The van der Waals surface area contributed by atoms with E-state index in [9.17, 15) is 18.0 Å². The molecule has 2 aromatic rings. The van der Waals surface area contributed by atoms with E-state index < -0.39 is 9.84 Å². The van der Waals surface area contributed by atoms with Crippen molar-refractivity contribution in [1.82, 2.24) is 0 Å². The molecule has 0 saturated carbocycles. The molecule has 0 spiro atoms. The van der Waals surface area contributed by atoms with Crippen LogP contribution in [0.4, 0.5) is 5.69 Å². The highest BCUT2D eigenvalue weighted by Gasteiger charge is 2.15. The van der Waals surface area contributed by atoms with Crippen LogP contribution in [0.1, 0.15) is 30.1 Å². The molecule has 2 aromatic carbocycles. The number of hydrogen-bond donors (Lipinski definition) is 1. The summed E-state index contributed by atoms with van der Waals surface area (Å²) in [4.78, 5) is 23.5. The van der Waals surface area contributed by atoms with Crippen molar-refractivity contribution < 1.29 is 22.7 Å². The number of ether oxygens (including phenoxy) is 1. The average Bonchev–Trinajstić information content (AvgIpc) is 2.61. The second kappa shape index (κ2) is 8.62. The zero-order valence-electron chi connectivity index (χ0n) is 14.7. The van der Waals surface area contributed by atoms with Gasteiger partial charge in [0.1, 0.15) is 5.75 Å². The summed E-state index contributed by atoms with van der Waals surface area (Å²) in [6, 6.07) is 12.8. The first kappa shape index (κ1) is 19.7. The van der Waals surface area contributed by atoms with E-state index in [1.165, 1.54) is 26.2 Å². The molecule has 0 aliphatic rings. The minimum Gasteiger partial charge on any atom is -0.497 e. The van der Waals surface area contributed by atoms with Gasteiger partial charge >= 0.3 is 0 Å². The highest BCUT2D eigenvalue weighted by atomic mass is 32.2. The number of hydrogen-bond acceptors (Lipinski definition) is 5. The third-order valence-corrected chi connectivity index (χ3v) is 5.60. The summed E-state index contributed by atoms with van der Waals surface area (Å²) in [7, 11) is -1.94. The van der Waals surface area contributed by atoms with E-state index >= 15 is 0 Å². The third-order valence-electron chi connectivity index (χ3n) is 3.79. The van der Waals surface area contributed by atoms with Crippen LogP contribution >= 0.6 is 0 Å². The number of nitrogens with one attached hydrogen (secondary N) is 1. The molecule has 1 amide bonds. The molecule has 0 fully saturated rings. The van der Waals surface area contributed by atoms with E-state index in [-0.39, 0.29) is 35.2 Å². The summed E-state index contributed by atoms with van der Waals surface area (Å²) >= 11 is 0. The van der Waals surface area contributed by atoms with Crippen molar-refractivity contribution in [3.63, 3.8) is 0 Å². The van der Waals surface area contributed by atoms with Gasteiger partial charge in [-0.25, -0.2) is 8.42 Å². The van der Waals surface area contributed by atoms with Gasteiger partial charge in [0.05, 0.1) is 17.8 Å². The van der Waals surface area contributed by atoms with Crippen molar-refractivity contribution in [2.24, 2.45) is 0 Å². The Kier molecular flexibility index (Phi) is 6.52. The maximum absolute atomic E-state index is 12.3. The zero-order chi connectivity index (χ0) is 19.2. The van der Waals surface area contributed by atoms with Gasteiger partial charge in [0.15, 0.2) is 15.6 Å². The van der Waals surface area contributed by atoms with Crippen molar-refractivity contribution in [3.8, 4) is 5.75 Å². The Hall–Kier alpha value is -2.67. The maximum atomic E-state index is 12.3. The van der Waals surface area contributed by atoms with Crippen LogP contribution < -0.4 is 10.1 Å². The molecule has 0 saturated heterocycles. The quantitative estimate of drug-likeness (QED) is 0.716. The van der Waals surface area contributed by atoms with Crippen molar-refractivity contribution in [3.05, 3.63) is 54.1 Å². The van der Waals surface area contributed by atoms with Crippen LogP contribution in [-0.2, 0) is 14.6 Å². The number of carbonyl (C=O) groups is 2. The summed E-state index contributed by atoms with van der Waals surface area (Å²) in [5.41, 5.74) is 1.02. The summed E-state index contributed by atoms with van der Waals surface area (Å²) < 4.78 is 29.6. The smallest absolute Gasteiger partial charge is 0.224 e. The van der Waals surface area contributed by atoms with E-state index in [2.05, 4.69) is 5.32 Å². The first-order valence-electron chi connectivity index (χ1n) is 8.09. The summed E-state index contributed by atoms with van der Waals surface area (Å²) in [6.45, 7) is 1.45. The Morgan fingerprint density at radius 1 is 1.08 bits per heavy atom. The zero-order valence-corrected chi connectivity index (χ0v) is 15.5. The molecule has 0 aromatic heterocycles. The van der Waals surface area contributed by atoms with Crippen LogP contribution in [0.15, 0.2) is 53.4 Å². The molecular weight excluding hydrogens is 354 g/mol. The Morgan fingerprint density at radius 3 is 2.38 bits per heavy atom. The molecule has 1 N–H and O–H groups in total. The lowest BCUT2D eigenvalue weighted by Gasteiger charge is -2.07. The first-order chi connectivity index (χ1) is 12.3. The first-order valence-corrected chi connectivity index (χ1v) is 9.75. The molecular formula is C19H21NO5S. The van der Waals surface area contributed by atoms with Gasteiger partial charge in [-0.3, -0.25) is 9.59 Å². The second-order valence-corrected chi connectivity index (χ2v) is 7.89. The molecule has 138 valence electrons. The molecule has 0 bridgehead atoms. The predicted octanol–water partition coefficient (Wildman–Crippen LogP) is 3.09. The predicted molar refractivity (Wildman–Crippen MR) is 99.4 cm³/mol. The van der Waals surface area contributed by atoms with Crippen molar-refractivity contribution in [2.45, 2.75) is 24.7 Å². The lowest BCUT2D eigenvalue weighted by atomic mass is 10.1. The molecule has 0 heterocycles. The van der Waals surface area contributed by atoms with Crippen LogP contribution in [0.2, 0.25) is 0 Å². The Bertz CT molecular complexity index is 888. The Balaban J connectivity index is 1.89. The second-order valence-electron chi connectivity index (χ2n) is 5.78. The lowest BCUT2D eigenvalue weighted by Crippen LogP contribution is -2.14. The van der Waals surface area contributed by atoms with Crippen LogP contribution in [0.3, 0.4) is 0 Å². The number of rotatable bonds is 8. The third kappa shape index (κ3) is 5.42. The van der Waals surface area contributed by atoms with Crippen LogP contribution in [0, 0.1) is 0 Å². The van der Waals surface area contributed by atoms with Crippen LogP contribution in [0.25, 0.3) is 0 Å². The molecule has 2 rings (SSSR count). The average molecular weight is 375 g/mol. The van der Waals surface area contributed by atoms with Crippen LogP contribution in [-0.4, -0.2) is 33.0 Å². The standard InChI is InChI=1S/C19H21NO5S/c1-14(21)15-5-3-6-16(13-15)20-19(22)7-4-12-26(23,24)18-10-8-17(25-2)9-11-18/h3,5-6,8-11,13H,4,7,12H2,1-2H3,(H,20,22). The van der Waals surface area contributed by atoms with E-state index in [1.807, 2.05) is 0 Å². The van der Waals surface area contributed by atoms with Gasteiger partial charge in [0.25, 0.3) is 0 Å². The maximum Gasteiger partial charge on any atom is 0.224 e.